The highest BCUT2D eigenvalue weighted by molar-refractivity contribution is 5.79. The molecule has 2 N–H and O–H groups in total. The summed E-state index contributed by atoms with van der Waals surface area (Å²) in [5, 5.41) is 15.0. The molecule has 0 spiro atoms. The lowest BCUT2D eigenvalue weighted by molar-refractivity contribution is 0.567. The van der Waals surface area contributed by atoms with E-state index in [9.17, 15) is 0 Å². The van der Waals surface area contributed by atoms with Crippen LogP contribution in [0.25, 0.3) is 0 Å². The summed E-state index contributed by atoms with van der Waals surface area (Å²) in [6.45, 7) is 6.42. The summed E-state index contributed by atoms with van der Waals surface area (Å²) in [7, 11) is 0. The number of rotatable bonds is 9. The Labute approximate surface area is 131 Å². The Balaban J connectivity index is 1.63. The molecular formula is C15H25N7. The fraction of sp³-hybridized carbons (Fsp3) is 0.533. The predicted molar refractivity (Wildman–Crippen MR) is 87.7 cm³/mol. The third-order valence-electron chi connectivity index (χ3n) is 3.13. The van der Waals surface area contributed by atoms with E-state index >= 15 is 0 Å². The second-order valence-electron chi connectivity index (χ2n) is 4.93. The van der Waals surface area contributed by atoms with Gasteiger partial charge in [-0.3, -0.25) is 14.4 Å². The number of hydrogen-bond acceptors (Lipinski definition) is 3. The highest BCUT2D eigenvalue weighted by Gasteiger charge is 1.97. The summed E-state index contributed by atoms with van der Waals surface area (Å²) in [4.78, 5) is 4.58. The van der Waals surface area contributed by atoms with Crippen LogP contribution in [-0.4, -0.2) is 45.2 Å². The number of hydrogen-bond donors (Lipinski definition) is 2. The van der Waals surface area contributed by atoms with Crippen LogP contribution in [0.5, 0.6) is 0 Å². The quantitative estimate of drug-likeness (QED) is 0.414. The SMILES string of the molecule is CCNC(=NCCCn1cccn1)NCCCn1cccn1. The summed E-state index contributed by atoms with van der Waals surface area (Å²) in [5.74, 6) is 0.878. The Morgan fingerprint density at radius 2 is 1.68 bits per heavy atom. The zero-order valence-corrected chi connectivity index (χ0v) is 13.1. The largest absolute Gasteiger partial charge is 0.357 e. The van der Waals surface area contributed by atoms with Crippen LogP contribution in [-0.2, 0) is 13.1 Å². The van der Waals surface area contributed by atoms with Crippen molar-refractivity contribution < 1.29 is 0 Å². The molecule has 22 heavy (non-hydrogen) atoms. The molecule has 0 saturated carbocycles. The van der Waals surface area contributed by atoms with Crippen LogP contribution in [0, 0.1) is 0 Å². The topological polar surface area (TPSA) is 72.1 Å². The van der Waals surface area contributed by atoms with E-state index in [1.807, 2.05) is 33.9 Å². The highest BCUT2D eigenvalue weighted by atomic mass is 15.3. The van der Waals surface area contributed by atoms with Gasteiger partial charge in [0, 0.05) is 57.5 Å². The molecule has 2 aromatic rings. The first-order chi connectivity index (χ1) is 10.9. The number of nitrogens with one attached hydrogen (secondary N) is 2. The van der Waals surface area contributed by atoms with Gasteiger partial charge in [0.25, 0.3) is 0 Å². The molecule has 0 fully saturated rings. The number of aliphatic imine (C=N–C) groups is 1. The van der Waals surface area contributed by atoms with Gasteiger partial charge in [-0.1, -0.05) is 0 Å². The Morgan fingerprint density at radius 1 is 1.00 bits per heavy atom. The van der Waals surface area contributed by atoms with Gasteiger partial charge >= 0.3 is 0 Å². The van der Waals surface area contributed by atoms with E-state index in [-0.39, 0.29) is 0 Å². The molecule has 0 aliphatic rings. The Morgan fingerprint density at radius 3 is 2.27 bits per heavy atom. The Bertz CT molecular complexity index is 516. The van der Waals surface area contributed by atoms with Crippen LogP contribution in [0.4, 0.5) is 0 Å². The van der Waals surface area contributed by atoms with Gasteiger partial charge in [-0.05, 0) is 31.9 Å². The molecule has 0 aliphatic heterocycles. The van der Waals surface area contributed by atoms with Crippen molar-refractivity contribution in [3.05, 3.63) is 36.9 Å². The molecule has 0 radical (unpaired) electrons. The van der Waals surface area contributed by atoms with Crippen molar-refractivity contribution in [1.82, 2.24) is 30.2 Å². The van der Waals surface area contributed by atoms with Gasteiger partial charge in [0.2, 0.25) is 0 Å². The lowest BCUT2D eigenvalue weighted by Crippen LogP contribution is -2.38. The van der Waals surface area contributed by atoms with Crippen molar-refractivity contribution in [2.24, 2.45) is 4.99 Å². The minimum atomic E-state index is 0.786. The lowest BCUT2D eigenvalue weighted by atomic mass is 10.4. The number of aryl methyl sites for hydroxylation is 2. The minimum Gasteiger partial charge on any atom is -0.357 e. The van der Waals surface area contributed by atoms with Gasteiger partial charge < -0.3 is 10.6 Å². The normalized spacial score (nSPS) is 11.6. The van der Waals surface area contributed by atoms with Crippen molar-refractivity contribution in [3.63, 3.8) is 0 Å². The van der Waals surface area contributed by atoms with E-state index < -0.39 is 0 Å². The Hall–Kier alpha value is -2.31. The molecule has 0 saturated heterocycles. The number of nitrogens with zero attached hydrogens (tertiary/aromatic N) is 5. The van der Waals surface area contributed by atoms with Gasteiger partial charge in [-0.15, -0.1) is 0 Å². The molecule has 0 bridgehead atoms. The van der Waals surface area contributed by atoms with Crippen LogP contribution < -0.4 is 10.6 Å². The summed E-state index contributed by atoms with van der Waals surface area (Å²) in [5.41, 5.74) is 0. The molecule has 0 atom stereocenters. The average Bonchev–Trinajstić information content (AvgIpc) is 3.21. The molecule has 0 unspecified atom stereocenters. The third-order valence-corrected chi connectivity index (χ3v) is 3.13. The van der Waals surface area contributed by atoms with Crippen molar-refractivity contribution in [3.8, 4) is 0 Å². The number of guanidine groups is 1. The van der Waals surface area contributed by atoms with Crippen molar-refractivity contribution in [2.45, 2.75) is 32.9 Å². The maximum absolute atomic E-state index is 4.58. The number of aromatic nitrogens is 4. The molecule has 7 heteroatoms. The molecule has 7 nitrogen and oxygen atoms in total. The van der Waals surface area contributed by atoms with Crippen LogP contribution in [0.15, 0.2) is 41.9 Å². The highest BCUT2D eigenvalue weighted by Crippen LogP contribution is 1.91. The summed E-state index contributed by atoms with van der Waals surface area (Å²) >= 11 is 0. The van der Waals surface area contributed by atoms with Gasteiger partial charge in [0.15, 0.2) is 5.96 Å². The fourth-order valence-electron chi connectivity index (χ4n) is 2.08. The minimum absolute atomic E-state index is 0.786. The first-order valence-corrected chi connectivity index (χ1v) is 7.85. The zero-order chi connectivity index (χ0) is 15.5. The standard InChI is InChI=1S/C15H25N7/c1-2-16-15(17-7-3-11-21-13-5-9-19-21)18-8-4-12-22-14-6-10-20-22/h5-6,9-10,13-14H,2-4,7-8,11-12H2,1H3,(H2,16,17,18). The van der Waals surface area contributed by atoms with E-state index in [4.69, 9.17) is 0 Å². The molecule has 0 aromatic carbocycles. The van der Waals surface area contributed by atoms with Crippen LogP contribution in [0.1, 0.15) is 19.8 Å². The van der Waals surface area contributed by atoms with Gasteiger partial charge in [0.1, 0.15) is 0 Å². The Kier molecular flexibility index (Phi) is 7.01. The molecule has 2 heterocycles. The van der Waals surface area contributed by atoms with E-state index in [1.54, 1.807) is 12.4 Å². The van der Waals surface area contributed by atoms with Gasteiger partial charge in [-0.2, -0.15) is 10.2 Å². The van der Waals surface area contributed by atoms with Crippen LogP contribution in [0.3, 0.4) is 0 Å². The summed E-state index contributed by atoms with van der Waals surface area (Å²) in [6.07, 6.45) is 9.55. The second kappa shape index (κ2) is 9.59. The summed E-state index contributed by atoms with van der Waals surface area (Å²) < 4.78 is 3.87. The van der Waals surface area contributed by atoms with E-state index in [1.165, 1.54) is 0 Å². The molecule has 2 aromatic heterocycles. The first-order valence-electron chi connectivity index (χ1n) is 7.85. The van der Waals surface area contributed by atoms with Gasteiger partial charge in [-0.25, -0.2) is 0 Å². The smallest absolute Gasteiger partial charge is 0.191 e. The molecule has 2 rings (SSSR count). The van der Waals surface area contributed by atoms with Gasteiger partial charge in [0.05, 0.1) is 0 Å². The van der Waals surface area contributed by atoms with E-state index in [2.05, 4.69) is 32.7 Å². The van der Waals surface area contributed by atoms with E-state index in [0.717, 1.165) is 51.5 Å². The summed E-state index contributed by atoms with van der Waals surface area (Å²) in [6, 6.07) is 3.88. The molecule has 0 amide bonds. The van der Waals surface area contributed by atoms with Crippen LogP contribution >= 0.6 is 0 Å². The lowest BCUT2D eigenvalue weighted by Gasteiger charge is -2.11. The third kappa shape index (κ3) is 5.99. The monoisotopic (exact) mass is 303 g/mol. The maximum atomic E-state index is 4.58. The fourth-order valence-corrected chi connectivity index (χ4v) is 2.08. The average molecular weight is 303 g/mol. The maximum Gasteiger partial charge on any atom is 0.191 e. The molecule has 0 aliphatic carbocycles. The molecular weight excluding hydrogens is 278 g/mol. The predicted octanol–water partition coefficient (Wildman–Crippen LogP) is 1.12. The van der Waals surface area contributed by atoms with Crippen LogP contribution in [0.2, 0.25) is 0 Å². The van der Waals surface area contributed by atoms with Crippen molar-refractivity contribution >= 4 is 5.96 Å². The first kappa shape index (κ1) is 16.1. The van der Waals surface area contributed by atoms with Crippen molar-refractivity contribution in [2.75, 3.05) is 19.6 Å². The molecule has 120 valence electrons. The zero-order valence-electron chi connectivity index (χ0n) is 13.1. The van der Waals surface area contributed by atoms with Crippen molar-refractivity contribution in [1.29, 1.82) is 0 Å². The second-order valence-corrected chi connectivity index (χ2v) is 4.93. The van der Waals surface area contributed by atoms with E-state index in [0.29, 0.717) is 0 Å².